The molecule has 0 amide bonds. The van der Waals surface area contributed by atoms with Crippen LogP contribution in [0, 0.1) is 5.92 Å². The zero-order chi connectivity index (χ0) is 15.3. The minimum absolute atomic E-state index is 0.407. The van der Waals surface area contributed by atoms with Gasteiger partial charge in [0.1, 0.15) is 0 Å². The van der Waals surface area contributed by atoms with Crippen LogP contribution in [0.5, 0.6) is 0 Å². The molecule has 0 bridgehead atoms. The highest BCUT2D eigenvalue weighted by Crippen LogP contribution is 2.37. The van der Waals surface area contributed by atoms with Gasteiger partial charge in [-0.05, 0) is 38.0 Å². The van der Waals surface area contributed by atoms with E-state index in [1.807, 2.05) is 0 Å². The monoisotopic (exact) mass is 294 g/mol. The van der Waals surface area contributed by atoms with Gasteiger partial charge in [-0.1, -0.05) is 53.4 Å². The average Bonchev–Trinajstić information content (AvgIpc) is 2.49. The van der Waals surface area contributed by atoms with E-state index in [2.05, 4.69) is 37.9 Å². The van der Waals surface area contributed by atoms with Gasteiger partial charge >= 0.3 is 0 Å². The molecule has 1 N–H and O–H groups in total. The number of hydrogen-bond donors (Lipinski definition) is 1. The molecule has 0 aromatic rings. The van der Waals surface area contributed by atoms with Crippen molar-refractivity contribution < 1.29 is 0 Å². The van der Waals surface area contributed by atoms with Gasteiger partial charge in [0.05, 0.1) is 0 Å². The van der Waals surface area contributed by atoms with Crippen LogP contribution in [0.4, 0.5) is 0 Å². The van der Waals surface area contributed by atoms with Crippen molar-refractivity contribution >= 4 is 0 Å². The summed E-state index contributed by atoms with van der Waals surface area (Å²) in [6, 6.07) is 0. The second kappa shape index (κ2) is 7.46. The van der Waals surface area contributed by atoms with E-state index >= 15 is 0 Å². The molecule has 0 aromatic heterocycles. The van der Waals surface area contributed by atoms with Gasteiger partial charge in [0.25, 0.3) is 0 Å². The Bertz CT molecular complexity index is 303. The second-order valence-corrected chi connectivity index (χ2v) is 7.90. The van der Waals surface area contributed by atoms with Crippen molar-refractivity contribution in [3.8, 4) is 0 Å². The van der Waals surface area contributed by atoms with Gasteiger partial charge < -0.3 is 5.32 Å². The van der Waals surface area contributed by atoms with Crippen molar-refractivity contribution in [2.45, 2.75) is 96.6 Å². The summed E-state index contributed by atoms with van der Waals surface area (Å²) in [6.45, 7) is 13.4. The van der Waals surface area contributed by atoms with Crippen LogP contribution < -0.4 is 5.32 Å². The number of hydrogen-bond acceptors (Lipinski definition) is 2. The maximum Gasteiger partial charge on any atom is 0.0329 e. The largest absolute Gasteiger partial charge is 0.308 e. The third-order valence-electron chi connectivity index (χ3n) is 6.40. The van der Waals surface area contributed by atoms with Crippen molar-refractivity contribution in [1.29, 1.82) is 0 Å². The quantitative estimate of drug-likeness (QED) is 0.771. The van der Waals surface area contributed by atoms with Crippen LogP contribution in [0.2, 0.25) is 0 Å². The lowest BCUT2D eigenvalue weighted by Gasteiger charge is -2.56. The highest BCUT2D eigenvalue weighted by molar-refractivity contribution is 5.05. The van der Waals surface area contributed by atoms with Crippen LogP contribution in [0.3, 0.4) is 0 Å². The standard InChI is InChI=1S/C19H38N2/c1-5-11-17(4)14-21-16-18(12-9-8-10-13-18)20-15-19(21,6-2)7-3/h17,20H,5-16H2,1-4H3. The summed E-state index contributed by atoms with van der Waals surface area (Å²) < 4.78 is 0. The molecule has 1 spiro atoms. The molecule has 2 fully saturated rings. The van der Waals surface area contributed by atoms with Gasteiger partial charge in [-0.25, -0.2) is 0 Å². The fourth-order valence-corrected chi connectivity index (χ4v) is 4.78. The zero-order valence-electron chi connectivity index (χ0n) is 15.0. The minimum Gasteiger partial charge on any atom is -0.308 e. The molecular formula is C19H38N2. The van der Waals surface area contributed by atoms with Gasteiger partial charge in [-0.2, -0.15) is 0 Å². The van der Waals surface area contributed by atoms with Crippen molar-refractivity contribution in [2.75, 3.05) is 19.6 Å². The molecule has 1 heterocycles. The first-order valence-electron chi connectivity index (χ1n) is 9.60. The lowest BCUT2D eigenvalue weighted by Crippen LogP contribution is -2.70. The predicted molar refractivity (Wildman–Crippen MR) is 92.8 cm³/mol. The van der Waals surface area contributed by atoms with Crippen molar-refractivity contribution in [3.05, 3.63) is 0 Å². The smallest absolute Gasteiger partial charge is 0.0329 e. The van der Waals surface area contributed by atoms with Crippen LogP contribution in [-0.4, -0.2) is 35.6 Å². The Balaban J connectivity index is 2.10. The average molecular weight is 295 g/mol. The molecule has 21 heavy (non-hydrogen) atoms. The molecule has 1 aliphatic carbocycles. The summed E-state index contributed by atoms with van der Waals surface area (Å²) in [5, 5.41) is 4.02. The van der Waals surface area contributed by atoms with E-state index in [-0.39, 0.29) is 0 Å². The van der Waals surface area contributed by atoms with E-state index < -0.39 is 0 Å². The summed E-state index contributed by atoms with van der Waals surface area (Å²) in [6.07, 6.45) is 12.4. The topological polar surface area (TPSA) is 15.3 Å². The molecule has 1 saturated heterocycles. The zero-order valence-corrected chi connectivity index (χ0v) is 15.0. The van der Waals surface area contributed by atoms with Crippen molar-refractivity contribution in [2.24, 2.45) is 5.92 Å². The van der Waals surface area contributed by atoms with Gasteiger partial charge in [0.2, 0.25) is 0 Å². The van der Waals surface area contributed by atoms with E-state index in [0.29, 0.717) is 11.1 Å². The minimum atomic E-state index is 0.407. The molecule has 124 valence electrons. The highest BCUT2D eigenvalue weighted by Gasteiger charge is 2.45. The Kier molecular flexibility index (Phi) is 6.14. The molecular weight excluding hydrogens is 256 g/mol. The second-order valence-electron chi connectivity index (χ2n) is 7.90. The van der Waals surface area contributed by atoms with E-state index in [1.165, 1.54) is 77.4 Å². The lowest BCUT2D eigenvalue weighted by atomic mass is 9.75. The van der Waals surface area contributed by atoms with E-state index in [1.54, 1.807) is 0 Å². The number of rotatable bonds is 6. The first-order chi connectivity index (χ1) is 10.1. The van der Waals surface area contributed by atoms with Gasteiger partial charge in [0, 0.05) is 30.7 Å². The molecule has 1 unspecified atom stereocenters. The molecule has 1 atom stereocenters. The molecule has 2 nitrogen and oxygen atoms in total. The summed E-state index contributed by atoms with van der Waals surface area (Å²) in [5.41, 5.74) is 0.850. The van der Waals surface area contributed by atoms with Crippen LogP contribution in [-0.2, 0) is 0 Å². The maximum absolute atomic E-state index is 4.02. The van der Waals surface area contributed by atoms with E-state index in [0.717, 1.165) is 5.92 Å². The molecule has 2 aliphatic rings. The SMILES string of the molecule is CCCC(C)CN1CC2(CCCCC2)NCC1(CC)CC. The van der Waals surface area contributed by atoms with Crippen LogP contribution in [0.1, 0.15) is 85.5 Å². The Morgan fingerprint density at radius 1 is 1.05 bits per heavy atom. The highest BCUT2D eigenvalue weighted by atomic mass is 15.3. The number of nitrogens with one attached hydrogen (secondary N) is 1. The third-order valence-corrected chi connectivity index (χ3v) is 6.40. The summed E-state index contributed by atoms with van der Waals surface area (Å²) in [4.78, 5) is 2.90. The fraction of sp³-hybridized carbons (Fsp3) is 1.00. The van der Waals surface area contributed by atoms with Gasteiger partial charge in [0.15, 0.2) is 0 Å². The summed E-state index contributed by atoms with van der Waals surface area (Å²) in [5.74, 6) is 0.839. The van der Waals surface area contributed by atoms with Crippen molar-refractivity contribution in [1.82, 2.24) is 10.2 Å². The predicted octanol–water partition coefficient (Wildman–Crippen LogP) is 4.59. The summed E-state index contributed by atoms with van der Waals surface area (Å²) >= 11 is 0. The van der Waals surface area contributed by atoms with E-state index in [4.69, 9.17) is 0 Å². The normalized spacial score (nSPS) is 26.9. The van der Waals surface area contributed by atoms with Crippen LogP contribution in [0.25, 0.3) is 0 Å². The third kappa shape index (κ3) is 3.82. The Morgan fingerprint density at radius 3 is 2.29 bits per heavy atom. The molecule has 0 radical (unpaired) electrons. The number of piperazine rings is 1. The van der Waals surface area contributed by atoms with Gasteiger partial charge in [-0.15, -0.1) is 0 Å². The Labute approximate surface area is 133 Å². The first-order valence-corrected chi connectivity index (χ1v) is 9.60. The van der Waals surface area contributed by atoms with Crippen LogP contribution in [0.15, 0.2) is 0 Å². The molecule has 0 aromatic carbocycles. The molecule has 2 rings (SSSR count). The maximum atomic E-state index is 4.02. The molecule has 1 aliphatic heterocycles. The molecule has 1 saturated carbocycles. The Hall–Kier alpha value is -0.0800. The van der Waals surface area contributed by atoms with Crippen molar-refractivity contribution in [3.63, 3.8) is 0 Å². The molecule has 2 heteroatoms. The van der Waals surface area contributed by atoms with Crippen LogP contribution >= 0.6 is 0 Å². The first kappa shape index (κ1) is 17.3. The lowest BCUT2D eigenvalue weighted by molar-refractivity contribution is -0.0228. The summed E-state index contributed by atoms with van der Waals surface area (Å²) in [7, 11) is 0. The van der Waals surface area contributed by atoms with E-state index in [9.17, 15) is 0 Å². The Morgan fingerprint density at radius 2 is 1.71 bits per heavy atom. The fourth-order valence-electron chi connectivity index (χ4n) is 4.78. The number of nitrogens with zero attached hydrogens (tertiary/aromatic N) is 1. The van der Waals surface area contributed by atoms with Gasteiger partial charge in [-0.3, -0.25) is 4.90 Å².